The molecule has 3 fully saturated rings. The largest absolute Gasteiger partial charge is 0.481 e. The predicted molar refractivity (Wildman–Crippen MR) is 80.4 cm³/mol. The van der Waals surface area contributed by atoms with Gasteiger partial charge in [-0.3, -0.25) is 14.5 Å². The van der Waals surface area contributed by atoms with Crippen LogP contribution in [-0.2, 0) is 14.3 Å². The Morgan fingerprint density at radius 1 is 1.41 bits per heavy atom. The summed E-state index contributed by atoms with van der Waals surface area (Å²) in [5.41, 5.74) is -0.622. The number of fused-ring (bicyclic) bond motifs is 1. The molecule has 1 aliphatic carbocycles. The lowest BCUT2D eigenvalue weighted by Crippen LogP contribution is -2.47. The number of carboxylic acids is 1. The average molecular weight is 310 g/mol. The van der Waals surface area contributed by atoms with Crippen LogP contribution in [0.3, 0.4) is 0 Å². The van der Waals surface area contributed by atoms with Gasteiger partial charge in [-0.15, -0.1) is 0 Å². The number of nitrogens with zero attached hydrogens (tertiary/aromatic N) is 1. The maximum atomic E-state index is 12.3. The van der Waals surface area contributed by atoms with Gasteiger partial charge in [0.1, 0.15) is 0 Å². The minimum atomic E-state index is -0.690. The first-order chi connectivity index (χ1) is 10.5. The monoisotopic (exact) mass is 310 g/mol. The molecule has 0 aromatic rings. The van der Waals surface area contributed by atoms with Crippen molar-refractivity contribution in [2.24, 2.45) is 11.3 Å². The smallest absolute Gasteiger partial charge is 0.311 e. The van der Waals surface area contributed by atoms with Gasteiger partial charge in [-0.25, -0.2) is 0 Å². The van der Waals surface area contributed by atoms with Crippen LogP contribution in [0, 0.1) is 11.3 Å². The van der Waals surface area contributed by atoms with E-state index >= 15 is 0 Å². The van der Waals surface area contributed by atoms with E-state index in [-0.39, 0.29) is 24.0 Å². The molecule has 1 amide bonds. The number of rotatable bonds is 5. The lowest BCUT2D eigenvalue weighted by molar-refractivity contribution is -0.149. The number of aliphatic carboxylic acids is 1. The molecular formula is C16H26N2O4. The molecule has 0 bridgehead atoms. The van der Waals surface area contributed by atoms with E-state index in [1.165, 1.54) is 0 Å². The topological polar surface area (TPSA) is 78.9 Å². The summed E-state index contributed by atoms with van der Waals surface area (Å²) in [5.74, 6) is -0.515. The third-order valence-corrected chi connectivity index (χ3v) is 5.78. The first-order valence-electron chi connectivity index (χ1n) is 8.40. The Bertz CT molecular complexity index is 449. The van der Waals surface area contributed by atoms with Gasteiger partial charge in [-0.1, -0.05) is 6.42 Å². The number of likely N-dealkylation sites (tertiary alicyclic amines) is 1. The summed E-state index contributed by atoms with van der Waals surface area (Å²) >= 11 is 0. The van der Waals surface area contributed by atoms with Gasteiger partial charge in [-0.05, 0) is 38.5 Å². The van der Waals surface area contributed by atoms with E-state index in [0.717, 1.165) is 45.3 Å². The fraction of sp³-hybridized carbons (Fsp3) is 0.875. The van der Waals surface area contributed by atoms with Crippen molar-refractivity contribution < 1.29 is 19.4 Å². The number of carbonyl (C=O) groups excluding carboxylic acids is 1. The minimum Gasteiger partial charge on any atom is -0.481 e. The van der Waals surface area contributed by atoms with Crippen molar-refractivity contribution in [3.63, 3.8) is 0 Å². The lowest BCUT2D eigenvalue weighted by atomic mass is 9.81. The zero-order valence-corrected chi connectivity index (χ0v) is 13.2. The summed E-state index contributed by atoms with van der Waals surface area (Å²) in [5, 5.41) is 12.6. The van der Waals surface area contributed by atoms with E-state index in [1.807, 2.05) is 11.8 Å². The number of amides is 1. The zero-order chi connectivity index (χ0) is 15.7. The molecule has 2 heterocycles. The fourth-order valence-corrected chi connectivity index (χ4v) is 4.31. The highest BCUT2D eigenvalue weighted by atomic mass is 16.5. The first kappa shape index (κ1) is 15.7. The van der Waals surface area contributed by atoms with E-state index in [9.17, 15) is 14.7 Å². The van der Waals surface area contributed by atoms with Gasteiger partial charge < -0.3 is 15.2 Å². The van der Waals surface area contributed by atoms with Crippen LogP contribution in [-0.4, -0.2) is 60.3 Å². The summed E-state index contributed by atoms with van der Waals surface area (Å²) in [6.07, 6.45) is 4.90. The Balaban J connectivity index is 1.55. The second kappa shape index (κ2) is 6.16. The van der Waals surface area contributed by atoms with Crippen LogP contribution in [0.4, 0.5) is 0 Å². The SMILES string of the molecule is CC(C(=O)NCC1CCCO1)N1C[C@@H]2CCC[C@@]2(C(=O)O)C1. The van der Waals surface area contributed by atoms with Crippen molar-refractivity contribution in [1.82, 2.24) is 10.2 Å². The molecule has 3 aliphatic rings. The molecule has 3 rings (SSSR count). The van der Waals surface area contributed by atoms with Gasteiger partial charge in [0.15, 0.2) is 0 Å². The van der Waals surface area contributed by atoms with E-state index in [4.69, 9.17) is 4.74 Å². The van der Waals surface area contributed by atoms with Crippen molar-refractivity contribution in [2.45, 2.75) is 51.2 Å². The molecule has 2 saturated heterocycles. The maximum Gasteiger partial charge on any atom is 0.311 e. The zero-order valence-electron chi connectivity index (χ0n) is 13.2. The van der Waals surface area contributed by atoms with Crippen LogP contribution >= 0.6 is 0 Å². The van der Waals surface area contributed by atoms with Crippen molar-refractivity contribution in [3.8, 4) is 0 Å². The van der Waals surface area contributed by atoms with Crippen molar-refractivity contribution in [3.05, 3.63) is 0 Å². The van der Waals surface area contributed by atoms with E-state index in [1.54, 1.807) is 0 Å². The molecule has 0 aromatic heterocycles. The Hall–Kier alpha value is -1.14. The molecule has 124 valence electrons. The lowest BCUT2D eigenvalue weighted by Gasteiger charge is -2.27. The number of carboxylic acid groups (broad SMARTS) is 1. The Kier molecular flexibility index (Phi) is 4.41. The number of ether oxygens (including phenoxy) is 1. The standard InChI is InChI=1S/C16H26N2O4/c1-11(14(19)17-8-13-5-3-7-22-13)18-9-12-4-2-6-16(12,10-18)15(20)21/h11-13H,2-10H2,1H3,(H,17,19)(H,20,21)/t11?,12-,13?,16+/m0/s1. The predicted octanol–water partition coefficient (Wildman–Crippen LogP) is 0.857. The second-order valence-electron chi connectivity index (χ2n) is 7.04. The van der Waals surface area contributed by atoms with Crippen LogP contribution in [0.1, 0.15) is 39.0 Å². The van der Waals surface area contributed by atoms with Gasteiger partial charge >= 0.3 is 5.97 Å². The highest BCUT2D eigenvalue weighted by Crippen LogP contribution is 2.49. The van der Waals surface area contributed by atoms with Crippen molar-refractivity contribution in [1.29, 1.82) is 0 Å². The molecule has 22 heavy (non-hydrogen) atoms. The summed E-state index contributed by atoms with van der Waals surface area (Å²) in [7, 11) is 0. The molecule has 0 aromatic carbocycles. The highest BCUT2D eigenvalue weighted by molar-refractivity contribution is 5.82. The van der Waals surface area contributed by atoms with Crippen LogP contribution in [0.25, 0.3) is 0 Å². The molecule has 0 radical (unpaired) electrons. The molecule has 1 saturated carbocycles. The molecule has 2 aliphatic heterocycles. The number of nitrogens with one attached hydrogen (secondary N) is 1. The Morgan fingerprint density at radius 2 is 2.23 bits per heavy atom. The Morgan fingerprint density at radius 3 is 2.86 bits per heavy atom. The normalized spacial score (nSPS) is 36.2. The van der Waals surface area contributed by atoms with Gasteiger partial charge in [0.05, 0.1) is 17.6 Å². The third kappa shape index (κ3) is 2.74. The van der Waals surface area contributed by atoms with Crippen molar-refractivity contribution in [2.75, 3.05) is 26.2 Å². The van der Waals surface area contributed by atoms with Crippen LogP contribution < -0.4 is 5.32 Å². The van der Waals surface area contributed by atoms with Gasteiger partial charge in [0, 0.05) is 26.2 Å². The van der Waals surface area contributed by atoms with Crippen LogP contribution in [0.15, 0.2) is 0 Å². The molecular weight excluding hydrogens is 284 g/mol. The highest BCUT2D eigenvalue weighted by Gasteiger charge is 2.55. The molecule has 6 heteroatoms. The fourth-order valence-electron chi connectivity index (χ4n) is 4.31. The summed E-state index contributed by atoms with van der Waals surface area (Å²) in [6.45, 7) is 4.44. The van der Waals surface area contributed by atoms with Crippen LogP contribution in [0.2, 0.25) is 0 Å². The summed E-state index contributed by atoms with van der Waals surface area (Å²) in [6, 6.07) is -0.275. The average Bonchev–Trinajstić information content (AvgIpc) is 3.18. The van der Waals surface area contributed by atoms with Crippen molar-refractivity contribution >= 4 is 11.9 Å². The summed E-state index contributed by atoms with van der Waals surface area (Å²) in [4.78, 5) is 26.1. The van der Waals surface area contributed by atoms with E-state index < -0.39 is 11.4 Å². The van der Waals surface area contributed by atoms with Gasteiger partial charge in [0.25, 0.3) is 0 Å². The molecule has 2 N–H and O–H groups in total. The van der Waals surface area contributed by atoms with E-state index in [2.05, 4.69) is 5.32 Å². The number of hydrogen-bond acceptors (Lipinski definition) is 4. The van der Waals surface area contributed by atoms with Gasteiger partial charge in [-0.2, -0.15) is 0 Å². The number of carbonyl (C=O) groups is 2. The van der Waals surface area contributed by atoms with E-state index in [0.29, 0.717) is 13.1 Å². The molecule has 0 spiro atoms. The Labute approximate surface area is 131 Å². The third-order valence-electron chi connectivity index (χ3n) is 5.78. The second-order valence-corrected chi connectivity index (χ2v) is 7.04. The van der Waals surface area contributed by atoms with Gasteiger partial charge in [0.2, 0.25) is 5.91 Å². The minimum absolute atomic E-state index is 0.0176. The maximum absolute atomic E-state index is 12.3. The first-order valence-corrected chi connectivity index (χ1v) is 8.40. The quantitative estimate of drug-likeness (QED) is 0.787. The number of hydrogen-bond donors (Lipinski definition) is 2. The van der Waals surface area contributed by atoms with Crippen LogP contribution in [0.5, 0.6) is 0 Å². The molecule has 2 unspecified atom stereocenters. The summed E-state index contributed by atoms with van der Waals surface area (Å²) < 4.78 is 5.51. The molecule has 4 atom stereocenters. The molecule has 6 nitrogen and oxygen atoms in total.